The van der Waals surface area contributed by atoms with E-state index in [9.17, 15) is 9.18 Å². The number of anilines is 2. The van der Waals surface area contributed by atoms with Crippen LogP contribution in [0.5, 0.6) is 0 Å². The highest BCUT2D eigenvalue weighted by atomic mass is 19.1. The van der Waals surface area contributed by atoms with Crippen LogP contribution in [0.4, 0.5) is 15.8 Å². The first-order valence-corrected chi connectivity index (χ1v) is 10.7. The summed E-state index contributed by atoms with van der Waals surface area (Å²) in [5.74, 6) is -0.628. The van der Waals surface area contributed by atoms with Crippen LogP contribution in [0.1, 0.15) is 16.7 Å². The van der Waals surface area contributed by atoms with E-state index in [1.807, 2.05) is 42.5 Å². The Kier molecular flexibility index (Phi) is 5.71. The summed E-state index contributed by atoms with van der Waals surface area (Å²) in [6, 6.07) is 22.3. The molecule has 162 valence electrons. The number of nitrogens with zero attached hydrogens (tertiary/aromatic N) is 1. The van der Waals surface area contributed by atoms with Crippen molar-refractivity contribution in [3.8, 4) is 0 Å². The van der Waals surface area contributed by atoms with E-state index < -0.39 is 0 Å². The van der Waals surface area contributed by atoms with E-state index >= 15 is 0 Å². The Hall–Kier alpha value is -3.48. The quantitative estimate of drug-likeness (QED) is 0.583. The second kappa shape index (κ2) is 8.94. The zero-order valence-corrected chi connectivity index (χ0v) is 17.6. The fourth-order valence-corrected chi connectivity index (χ4v) is 4.13. The van der Waals surface area contributed by atoms with Gasteiger partial charge in [-0.2, -0.15) is 0 Å². The predicted molar refractivity (Wildman–Crippen MR) is 124 cm³/mol. The third-order valence-corrected chi connectivity index (χ3v) is 5.77. The molecule has 3 aromatic rings. The number of fused-ring (bicyclic) bond motifs is 1. The first kappa shape index (κ1) is 20.4. The zero-order valence-electron chi connectivity index (χ0n) is 17.6. The van der Waals surface area contributed by atoms with Gasteiger partial charge in [-0.25, -0.2) is 4.39 Å². The Morgan fingerprint density at radius 2 is 1.75 bits per heavy atom. The maximum absolute atomic E-state index is 13.7. The van der Waals surface area contributed by atoms with Crippen molar-refractivity contribution < 1.29 is 13.9 Å². The molecule has 1 saturated heterocycles. The van der Waals surface area contributed by atoms with E-state index in [2.05, 4.69) is 27.7 Å². The molecule has 0 aromatic heterocycles. The molecule has 1 amide bonds. The largest absolute Gasteiger partial charge is 0.379 e. The van der Waals surface area contributed by atoms with Crippen molar-refractivity contribution in [2.24, 2.45) is 0 Å². The summed E-state index contributed by atoms with van der Waals surface area (Å²) >= 11 is 0. The first-order valence-electron chi connectivity index (χ1n) is 10.7. The van der Waals surface area contributed by atoms with Crippen molar-refractivity contribution in [2.45, 2.75) is 6.54 Å². The van der Waals surface area contributed by atoms with Gasteiger partial charge in [-0.1, -0.05) is 42.5 Å². The average Bonchev–Trinajstić information content (AvgIpc) is 3.14. The highest BCUT2D eigenvalue weighted by Gasteiger charge is 2.28. The van der Waals surface area contributed by atoms with Crippen LogP contribution in [0.15, 0.2) is 72.8 Å². The van der Waals surface area contributed by atoms with Crippen LogP contribution in [-0.2, 0) is 16.1 Å². The van der Waals surface area contributed by atoms with Crippen LogP contribution in [0.25, 0.3) is 11.3 Å². The van der Waals surface area contributed by atoms with Gasteiger partial charge in [0.2, 0.25) is 0 Å². The molecule has 1 fully saturated rings. The van der Waals surface area contributed by atoms with E-state index in [-0.39, 0.29) is 11.7 Å². The molecule has 5 nitrogen and oxygen atoms in total. The van der Waals surface area contributed by atoms with Crippen molar-refractivity contribution in [2.75, 3.05) is 36.9 Å². The fraction of sp³-hybridized carbons (Fsp3) is 0.192. The number of hydrogen-bond donors (Lipinski definition) is 2. The molecule has 6 heteroatoms. The number of carbonyl (C=O) groups excluding carboxylic acids is 1. The van der Waals surface area contributed by atoms with Crippen molar-refractivity contribution in [1.29, 1.82) is 0 Å². The van der Waals surface area contributed by atoms with Gasteiger partial charge in [-0.05, 0) is 41.5 Å². The van der Waals surface area contributed by atoms with Gasteiger partial charge < -0.3 is 15.4 Å². The highest BCUT2D eigenvalue weighted by molar-refractivity contribution is 6.37. The van der Waals surface area contributed by atoms with Crippen molar-refractivity contribution in [3.05, 3.63) is 95.3 Å². The minimum atomic E-state index is -0.379. The van der Waals surface area contributed by atoms with Gasteiger partial charge >= 0.3 is 0 Å². The summed E-state index contributed by atoms with van der Waals surface area (Å²) in [6.07, 6.45) is 0. The molecule has 2 aliphatic rings. The first-order chi connectivity index (χ1) is 15.7. The van der Waals surface area contributed by atoms with Crippen LogP contribution >= 0.6 is 0 Å². The molecule has 0 spiro atoms. The number of carbonyl (C=O) groups is 1. The van der Waals surface area contributed by atoms with Crippen molar-refractivity contribution in [3.63, 3.8) is 0 Å². The molecule has 0 saturated carbocycles. The lowest BCUT2D eigenvalue weighted by Crippen LogP contribution is -2.35. The van der Waals surface area contributed by atoms with Crippen LogP contribution in [0, 0.1) is 5.82 Å². The van der Waals surface area contributed by atoms with E-state index in [0.29, 0.717) is 22.5 Å². The van der Waals surface area contributed by atoms with Crippen molar-refractivity contribution in [1.82, 2.24) is 4.90 Å². The van der Waals surface area contributed by atoms with E-state index in [0.717, 1.165) is 44.1 Å². The Morgan fingerprint density at radius 1 is 1.00 bits per heavy atom. The zero-order chi connectivity index (χ0) is 21.9. The number of benzene rings is 3. The summed E-state index contributed by atoms with van der Waals surface area (Å²) in [7, 11) is 0. The van der Waals surface area contributed by atoms with Crippen LogP contribution < -0.4 is 10.6 Å². The molecular weight excluding hydrogens is 405 g/mol. The highest BCUT2D eigenvalue weighted by Crippen LogP contribution is 2.37. The topological polar surface area (TPSA) is 53.6 Å². The summed E-state index contributed by atoms with van der Waals surface area (Å²) in [5.41, 5.74) is 5.36. The number of nitrogens with one attached hydrogen (secondary N) is 2. The van der Waals surface area contributed by atoms with Gasteiger partial charge in [0.05, 0.1) is 30.2 Å². The molecule has 5 rings (SSSR count). The van der Waals surface area contributed by atoms with Gasteiger partial charge in [-0.15, -0.1) is 0 Å². The van der Waals surface area contributed by atoms with Gasteiger partial charge in [0, 0.05) is 30.9 Å². The molecule has 0 atom stereocenters. The fourth-order valence-electron chi connectivity index (χ4n) is 4.13. The van der Waals surface area contributed by atoms with Gasteiger partial charge in [0.1, 0.15) is 5.82 Å². The molecule has 32 heavy (non-hydrogen) atoms. The number of ether oxygens (including phenoxy) is 1. The van der Waals surface area contributed by atoms with Gasteiger partial charge in [0.15, 0.2) is 0 Å². The lowest BCUT2D eigenvalue weighted by atomic mass is 10.00. The Morgan fingerprint density at radius 3 is 2.50 bits per heavy atom. The summed E-state index contributed by atoms with van der Waals surface area (Å²) < 4.78 is 19.1. The summed E-state index contributed by atoms with van der Waals surface area (Å²) in [4.78, 5) is 15.3. The number of rotatable bonds is 5. The number of hydrogen-bond acceptors (Lipinski definition) is 4. The van der Waals surface area contributed by atoms with Crippen LogP contribution in [-0.4, -0.2) is 37.1 Å². The molecule has 0 radical (unpaired) electrons. The van der Waals surface area contributed by atoms with Gasteiger partial charge in [0.25, 0.3) is 5.91 Å². The molecule has 2 aliphatic heterocycles. The lowest BCUT2D eigenvalue weighted by Gasteiger charge is -2.26. The van der Waals surface area contributed by atoms with E-state index in [1.54, 1.807) is 6.07 Å². The third-order valence-electron chi connectivity index (χ3n) is 5.77. The summed E-state index contributed by atoms with van der Waals surface area (Å²) in [6.45, 7) is 4.33. The second-order valence-corrected chi connectivity index (χ2v) is 7.97. The number of morpholine rings is 1. The Balaban J connectivity index is 1.47. The average molecular weight is 429 g/mol. The number of amides is 1. The predicted octanol–water partition coefficient (Wildman–Crippen LogP) is 4.59. The van der Waals surface area contributed by atoms with Crippen LogP contribution in [0.2, 0.25) is 0 Å². The van der Waals surface area contributed by atoms with Crippen LogP contribution in [0.3, 0.4) is 0 Å². The molecule has 0 unspecified atom stereocenters. The monoisotopic (exact) mass is 429 g/mol. The molecule has 3 aromatic carbocycles. The lowest BCUT2D eigenvalue weighted by molar-refractivity contribution is -0.110. The minimum absolute atomic E-state index is 0.249. The molecule has 2 N–H and O–H groups in total. The summed E-state index contributed by atoms with van der Waals surface area (Å²) in [5, 5.41) is 6.23. The Bertz CT molecular complexity index is 1150. The standard InChI is InChI=1S/C26H24FN3O2/c27-20-8-11-22-23(16-20)29-26(31)24(22)25(19-4-2-1-3-5-19)28-21-9-6-18(7-10-21)17-30-12-14-32-15-13-30/h1-11,16,28H,12-15,17H2,(H,29,31). The third kappa shape index (κ3) is 4.28. The molecule has 0 bridgehead atoms. The van der Waals surface area contributed by atoms with E-state index in [1.165, 1.54) is 17.7 Å². The van der Waals surface area contributed by atoms with E-state index in [4.69, 9.17) is 4.74 Å². The molecule has 0 aliphatic carbocycles. The van der Waals surface area contributed by atoms with Gasteiger partial charge in [-0.3, -0.25) is 9.69 Å². The molecular formula is C26H24FN3O2. The smallest absolute Gasteiger partial charge is 0.258 e. The SMILES string of the molecule is O=C1Nc2cc(F)ccc2C1=C(Nc1ccc(CN2CCOCC2)cc1)c1ccccc1. The Labute approximate surface area is 186 Å². The molecule has 2 heterocycles. The maximum atomic E-state index is 13.7. The minimum Gasteiger partial charge on any atom is -0.379 e. The number of halogens is 1. The second-order valence-electron chi connectivity index (χ2n) is 7.97. The maximum Gasteiger partial charge on any atom is 0.258 e. The normalized spacial score (nSPS) is 17.6. The van der Waals surface area contributed by atoms with Crippen molar-refractivity contribution >= 4 is 28.6 Å².